The molecule has 0 bridgehead atoms. The van der Waals surface area contributed by atoms with Crippen LogP contribution in [0, 0.1) is 0 Å². The van der Waals surface area contributed by atoms with Crippen molar-refractivity contribution in [3.05, 3.63) is 59.7 Å². The van der Waals surface area contributed by atoms with E-state index in [0.29, 0.717) is 6.54 Å². The second-order valence-electron chi connectivity index (χ2n) is 6.80. The van der Waals surface area contributed by atoms with Crippen LogP contribution in [0.1, 0.15) is 29.8 Å². The van der Waals surface area contributed by atoms with Gasteiger partial charge in [0.1, 0.15) is 0 Å². The summed E-state index contributed by atoms with van der Waals surface area (Å²) in [6.45, 7) is 3.63. The molecule has 2 aromatic carbocycles. The first-order chi connectivity index (χ1) is 13.3. The van der Waals surface area contributed by atoms with E-state index in [-0.39, 0.29) is 29.0 Å². The van der Waals surface area contributed by atoms with Gasteiger partial charge in [-0.25, -0.2) is 17.9 Å². The average molecular weight is 402 g/mol. The Morgan fingerprint density at radius 2 is 1.79 bits per heavy atom. The zero-order valence-electron chi connectivity index (χ0n) is 15.7. The molecule has 1 amide bonds. The number of nitrogens with zero attached hydrogens (tertiary/aromatic N) is 1. The topological polar surface area (TPSA) is 92.8 Å². The fourth-order valence-electron chi connectivity index (χ4n) is 3.03. The zero-order valence-corrected chi connectivity index (χ0v) is 16.5. The monoisotopic (exact) mass is 402 g/mol. The fraction of sp³-hybridized carbons (Fsp3) is 0.300. The standard InChI is InChI=1S/C20H22N2O5S/c1-14(2)21-28(25,26)17-9-7-16(8-10-17)20(24)27-13-19(23)22-12-11-15-5-3-4-6-18(15)22/h3-10,14,21H,11-13H2,1-2H3. The molecule has 3 rings (SSSR count). The van der Waals surface area contributed by atoms with E-state index >= 15 is 0 Å². The van der Waals surface area contributed by atoms with Crippen molar-refractivity contribution in [1.82, 2.24) is 4.72 Å². The fourth-order valence-corrected chi connectivity index (χ4v) is 4.29. The molecule has 148 valence electrons. The summed E-state index contributed by atoms with van der Waals surface area (Å²) in [6, 6.07) is 12.8. The molecule has 2 aromatic rings. The number of esters is 1. The molecule has 0 aliphatic carbocycles. The van der Waals surface area contributed by atoms with Crippen LogP contribution in [0.5, 0.6) is 0 Å². The number of hydrogen-bond acceptors (Lipinski definition) is 5. The van der Waals surface area contributed by atoms with Gasteiger partial charge in [-0.3, -0.25) is 4.79 Å². The third kappa shape index (κ3) is 4.40. The number of fused-ring (bicyclic) bond motifs is 1. The third-order valence-electron chi connectivity index (χ3n) is 4.31. The van der Waals surface area contributed by atoms with Gasteiger partial charge in [0.05, 0.1) is 10.5 Å². The Balaban J connectivity index is 1.60. The van der Waals surface area contributed by atoms with Gasteiger partial charge < -0.3 is 9.64 Å². The van der Waals surface area contributed by atoms with Crippen molar-refractivity contribution >= 4 is 27.6 Å². The van der Waals surface area contributed by atoms with E-state index in [1.165, 1.54) is 24.3 Å². The molecule has 0 atom stereocenters. The summed E-state index contributed by atoms with van der Waals surface area (Å²) in [7, 11) is -3.63. The predicted octanol–water partition coefficient (Wildman–Crippen LogP) is 2.12. The molecule has 1 heterocycles. The first-order valence-electron chi connectivity index (χ1n) is 8.96. The van der Waals surface area contributed by atoms with Crippen LogP contribution >= 0.6 is 0 Å². The van der Waals surface area contributed by atoms with Gasteiger partial charge in [0.15, 0.2) is 6.61 Å². The Labute approximate surface area is 164 Å². The first kappa shape index (κ1) is 20.0. The Morgan fingerprint density at radius 3 is 2.46 bits per heavy atom. The van der Waals surface area contributed by atoms with Crippen LogP contribution in [-0.2, 0) is 26.0 Å². The smallest absolute Gasteiger partial charge is 0.338 e. The molecule has 1 aliphatic rings. The van der Waals surface area contributed by atoms with Crippen molar-refractivity contribution in [1.29, 1.82) is 0 Å². The number of benzene rings is 2. The lowest BCUT2D eigenvalue weighted by molar-refractivity contribution is -0.121. The number of ether oxygens (including phenoxy) is 1. The highest BCUT2D eigenvalue weighted by Crippen LogP contribution is 2.27. The summed E-state index contributed by atoms with van der Waals surface area (Å²) in [5.41, 5.74) is 2.11. The van der Waals surface area contributed by atoms with Gasteiger partial charge in [-0.15, -0.1) is 0 Å². The average Bonchev–Trinajstić information content (AvgIpc) is 3.09. The molecule has 1 aliphatic heterocycles. The number of nitrogens with one attached hydrogen (secondary N) is 1. The number of para-hydroxylation sites is 1. The highest BCUT2D eigenvalue weighted by atomic mass is 32.2. The van der Waals surface area contributed by atoms with Crippen molar-refractivity contribution in [3.63, 3.8) is 0 Å². The van der Waals surface area contributed by atoms with Crippen LogP contribution in [0.15, 0.2) is 53.4 Å². The van der Waals surface area contributed by atoms with E-state index in [1.54, 1.807) is 18.7 Å². The van der Waals surface area contributed by atoms with Crippen LogP contribution < -0.4 is 9.62 Å². The minimum atomic E-state index is -3.63. The zero-order chi connectivity index (χ0) is 20.3. The van der Waals surface area contributed by atoms with E-state index in [4.69, 9.17) is 4.74 Å². The van der Waals surface area contributed by atoms with Gasteiger partial charge in [-0.1, -0.05) is 18.2 Å². The Kier molecular flexibility index (Phi) is 5.81. The summed E-state index contributed by atoms with van der Waals surface area (Å²) in [4.78, 5) is 26.2. The highest BCUT2D eigenvalue weighted by molar-refractivity contribution is 7.89. The number of anilines is 1. The molecule has 0 aromatic heterocycles. The SMILES string of the molecule is CC(C)NS(=O)(=O)c1ccc(C(=O)OCC(=O)N2CCc3ccccc32)cc1. The molecule has 0 saturated carbocycles. The minimum Gasteiger partial charge on any atom is -0.452 e. The molecule has 7 nitrogen and oxygen atoms in total. The minimum absolute atomic E-state index is 0.0579. The van der Waals surface area contributed by atoms with Crippen molar-refractivity contribution in [2.75, 3.05) is 18.1 Å². The largest absolute Gasteiger partial charge is 0.452 e. The molecule has 1 N–H and O–H groups in total. The highest BCUT2D eigenvalue weighted by Gasteiger charge is 2.25. The summed E-state index contributed by atoms with van der Waals surface area (Å²) in [5, 5.41) is 0. The first-order valence-corrected chi connectivity index (χ1v) is 10.4. The van der Waals surface area contributed by atoms with Crippen LogP contribution in [0.3, 0.4) is 0 Å². The van der Waals surface area contributed by atoms with Crippen molar-refractivity contribution in [3.8, 4) is 0 Å². The van der Waals surface area contributed by atoms with Gasteiger partial charge in [0, 0.05) is 18.3 Å². The molecule has 0 unspecified atom stereocenters. The second kappa shape index (κ2) is 8.12. The number of carbonyl (C=O) groups excluding carboxylic acids is 2. The molecule has 0 fully saturated rings. The maximum atomic E-state index is 12.4. The normalized spacial score (nSPS) is 13.5. The predicted molar refractivity (Wildman–Crippen MR) is 105 cm³/mol. The molecule has 0 radical (unpaired) electrons. The summed E-state index contributed by atoms with van der Waals surface area (Å²) in [5.74, 6) is -0.972. The summed E-state index contributed by atoms with van der Waals surface area (Å²) < 4.78 is 31.8. The quantitative estimate of drug-likeness (QED) is 0.747. The maximum absolute atomic E-state index is 12.4. The van der Waals surface area contributed by atoms with Crippen LogP contribution in [0.25, 0.3) is 0 Å². The lowest BCUT2D eigenvalue weighted by Crippen LogP contribution is -2.33. The Bertz CT molecular complexity index is 984. The Morgan fingerprint density at radius 1 is 1.11 bits per heavy atom. The van der Waals surface area contributed by atoms with Gasteiger partial charge in [0.25, 0.3) is 5.91 Å². The van der Waals surface area contributed by atoms with Gasteiger partial charge in [0.2, 0.25) is 10.0 Å². The van der Waals surface area contributed by atoms with Crippen molar-refractivity contribution in [2.24, 2.45) is 0 Å². The Hall–Kier alpha value is -2.71. The summed E-state index contributed by atoms with van der Waals surface area (Å²) in [6.07, 6.45) is 0.774. The van der Waals surface area contributed by atoms with Crippen LogP contribution in [-0.4, -0.2) is 39.5 Å². The maximum Gasteiger partial charge on any atom is 0.338 e. The molecular formula is C20H22N2O5S. The van der Waals surface area contributed by atoms with Crippen molar-refractivity contribution < 1.29 is 22.7 Å². The molecule has 0 saturated heterocycles. The van der Waals surface area contributed by atoms with E-state index in [0.717, 1.165) is 17.7 Å². The van der Waals surface area contributed by atoms with E-state index in [2.05, 4.69) is 4.72 Å². The lowest BCUT2D eigenvalue weighted by atomic mass is 10.2. The van der Waals surface area contributed by atoms with Gasteiger partial charge in [-0.05, 0) is 56.2 Å². The number of carbonyl (C=O) groups is 2. The molecular weight excluding hydrogens is 380 g/mol. The van der Waals surface area contributed by atoms with E-state index in [9.17, 15) is 18.0 Å². The second-order valence-corrected chi connectivity index (χ2v) is 8.51. The van der Waals surface area contributed by atoms with Gasteiger partial charge >= 0.3 is 5.97 Å². The van der Waals surface area contributed by atoms with Gasteiger partial charge in [-0.2, -0.15) is 0 Å². The van der Waals surface area contributed by atoms with Crippen LogP contribution in [0.4, 0.5) is 5.69 Å². The lowest BCUT2D eigenvalue weighted by Gasteiger charge is -2.17. The number of rotatable bonds is 6. The van der Waals surface area contributed by atoms with E-state index in [1.807, 2.05) is 24.3 Å². The number of sulfonamides is 1. The van der Waals surface area contributed by atoms with Crippen molar-refractivity contribution in [2.45, 2.75) is 31.2 Å². The number of hydrogen-bond donors (Lipinski definition) is 1. The number of amides is 1. The van der Waals surface area contributed by atoms with E-state index < -0.39 is 16.0 Å². The third-order valence-corrected chi connectivity index (χ3v) is 5.98. The van der Waals surface area contributed by atoms with Crippen LogP contribution in [0.2, 0.25) is 0 Å². The molecule has 28 heavy (non-hydrogen) atoms. The summed E-state index contributed by atoms with van der Waals surface area (Å²) >= 11 is 0. The molecule has 8 heteroatoms. The molecule has 0 spiro atoms.